The summed E-state index contributed by atoms with van der Waals surface area (Å²) in [6.07, 6.45) is 2.25. The molecule has 4 nitrogen and oxygen atoms in total. The Morgan fingerprint density at radius 2 is 1.89 bits per heavy atom. The van der Waals surface area contributed by atoms with Crippen LogP contribution in [0.1, 0.15) is 30.7 Å². The van der Waals surface area contributed by atoms with Gasteiger partial charge in [-0.2, -0.15) is 0 Å². The van der Waals surface area contributed by atoms with Gasteiger partial charge in [-0.1, -0.05) is 18.2 Å². The molecule has 1 unspecified atom stereocenters. The first kappa shape index (κ1) is 12.9. The molecule has 6 heteroatoms. The molecule has 0 bridgehead atoms. The Morgan fingerprint density at radius 1 is 1.21 bits per heavy atom. The highest BCUT2D eigenvalue weighted by Gasteiger charge is 2.39. The molecule has 0 N–H and O–H groups in total. The Balaban J connectivity index is 1.93. The van der Waals surface area contributed by atoms with Crippen molar-refractivity contribution in [1.82, 2.24) is 0 Å². The summed E-state index contributed by atoms with van der Waals surface area (Å²) in [7, 11) is 1.68. The largest absolute Gasteiger partial charge is 0.311 e. The van der Waals surface area contributed by atoms with E-state index in [2.05, 4.69) is 0 Å². The molecule has 102 valence electrons. The van der Waals surface area contributed by atoms with Gasteiger partial charge in [0.25, 0.3) is 0 Å². The lowest BCUT2D eigenvalue weighted by Crippen LogP contribution is -2.27. The first-order chi connectivity index (χ1) is 8.97. The van der Waals surface area contributed by atoms with Gasteiger partial charge < -0.3 is 4.90 Å². The second-order valence-electron chi connectivity index (χ2n) is 5.14. The Bertz CT molecular complexity index is 625. The number of anilines is 1. The van der Waals surface area contributed by atoms with E-state index >= 15 is 0 Å². The van der Waals surface area contributed by atoms with Crippen LogP contribution in [0.3, 0.4) is 0 Å². The Hall–Kier alpha value is -1.07. The van der Waals surface area contributed by atoms with Crippen molar-refractivity contribution in [1.29, 1.82) is 0 Å². The van der Waals surface area contributed by atoms with Crippen LogP contribution in [0.25, 0.3) is 0 Å². The highest BCUT2D eigenvalue weighted by molar-refractivity contribution is 8.14. The summed E-state index contributed by atoms with van der Waals surface area (Å²) >= 11 is 0. The molecule has 0 aromatic heterocycles. The van der Waals surface area contributed by atoms with E-state index in [-0.39, 0.29) is 18.9 Å². The average Bonchev–Trinajstić information content (AvgIpc) is 3.11. The van der Waals surface area contributed by atoms with Crippen molar-refractivity contribution in [3.05, 3.63) is 29.8 Å². The minimum Gasteiger partial charge on any atom is -0.311 e. The van der Waals surface area contributed by atoms with Gasteiger partial charge in [0.1, 0.15) is 5.25 Å². The second-order valence-corrected chi connectivity index (χ2v) is 8.05. The monoisotopic (exact) mass is 299 g/mol. The fourth-order valence-corrected chi connectivity index (χ4v) is 3.60. The molecule has 1 saturated carbocycles. The lowest BCUT2D eigenvalue weighted by atomic mass is 10.1. The van der Waals surface area contributed by atoms with E-state index in [4.69, 9.17) is 10.7 Å². The Labute approximate surface area is 116 Å². The van der Waals surface area contributed by atoms with Crippen LogP contribution in [-0.2, 0) is 13.8 Å². The van der Waals surface area contributed by atoms with Crippen LogP contribution in [0.15, 0.2) is 24.3 Å². The maximum atomic E-state index is 12.0. The van der Waals surface area contributed by atoms with Crippen molar-refractivity contribution in [2.75, 3.05) is 11.4 Å². The number of hydrogen-bond donors (Lipinski definition) is 0. The van der Waals surface area contributed by atoms with Crippen molar-refractivity contribution < 1.29 is 13.2 Å². The van der Waals surface area contributed by atoms with Gasteiger partial charge in [-0.15, -0.1) is 0 Å². The molecule has 1 aromatic rings. The van der Waals surface area contributed by atoms with E-state index in [1.165, 1.54) is 0 Å². The molecule has 0 radical (unpaired) electrons. The molecule has 3 rings (SSSR count). The molecule has 1 aliphatic heterocycles. The number of para-hydroxylation sites is 1. The van der Waals surface area contributed by atoms with E-state index in [0.717, 1.165) is 24.1 Å². The molecule has 19 heavy (non-hydrogen) atoms. The summed E-state index contributed by atoms with van der Waals surface area (Å²) in [4.78, 5) is 13.6. The fraction of sp³-hybridized carbons (Fsp3) is 0.462. The summed E-state index contributed by atoms with van der Waals surface area (Å²) in [5, 5.41) is -0.797. The van der Waals surface area contributed by atoms with Crippen LogP contribution >= 0.6 is 10.7 Å². The van der Waals surface area contributed by atoms with Crippen LogP contribution in [0, 0.1) is 0 Å². The third-order valence-corrected chi connectivity index (χ3v) is 5.60. The number of carbonyl (C=O) groups excluding carboxylic acids is 1. The third kappa shape index (κ3) is 2.49. The van der Waals surface area contributed by atoms with Crippen molar-refractivity contribution in [3.8, 4) is 0 Å². The van der Waals surface area contributed by atoms with Crippen LogP contribution in [-0.4, -0.2) is 26.1 Å². The van der Waals surface area contributed by atoms with E-state index in [1.54, 1.807) is 4.90 Å². The van der Waals surface area contributed by atoms with Gasteiger partial charge in [-0.25, -0.2) is 8.42 Å². The van der Waals surface area contributed by atoms with Gasteiger partial charge in [-0.3, -0.25) is 4.79 Å². The van der Waals surface area contributed by atoms with Crippen molar-refractivity contribution >= 4 is 31.3 Å². The molecule has 1 aromatic carbocycles. The quantitative estimate of drug-likeness (QED) is 0.804. The summed E-state index contributed by atoms with van der Waals surface area (Å²) in [6, 6.07) is 7.72. The van der Waals surface area contributed by atoms with Crippen molar-refractivity contribution in [2.45, 2.75) is 30.4 Å². The topological polar surface area (TPSA) is 54.5 Å². The van der Waals surface area contributed by atoms with Gasteiger partial charge >= 0.3 is 0 Å². The average molecular weight is 300 g/mol. The molecule has 0 spiro atoms. The smallest absolute Gasteiger partial charge is 0.237 e. The predicted octanol–water partition coefficient (Wildman–Crippen LogP) is 2.24. The number of hydrogen-bond acceptors (Lipinski definition) is 3. The minimum atomic E-state index is -3.68. The zero-order valence-electron chi connectivity index (χ0n) is 10.3. The zero-order chi connectivity index (χ0) is 13.6. The first-order valence-electron chi connectivity index (χ1n) is 6.29. The predicted molar refractivity (Wildman–Crippen MR) is 73.9 cm³/mol. The molecule has 2 aliphatic rings. The lowest BCUT2D eigenvalue weighted by Gasteiger charge is -2.20. The first-order valence-corrected chi connectivity index (χ1v) is 8.67. The van der Waals surface area contributed by atoms with Crippen molar-refractivity contribution in [2.24, 2.45) is 0 Å². The minimum absolute atomic E-state index is 0.0230. The normalized spacial score (nSPS) is 23.9. The number of halogens is 1. The number of carbonyl (C=O) groups is 1. The Morgan fingerprint density at radius 3 is 2.47 bits per heavy atom. The molecule has 2 fully saturated rings. The SMILES string of the molecule is O=C1CC(S(=O)(=O)Cl)CN1c1ccccc1C1CC1. The number of nitrogens with zero attached hydrogens (tertiary/aromatic N) is 1. The standard InChI is InChI=1S/C13H14ClNO3S/c14-19(17,18)10-7-13(16)15(8-10)12-4-2-1-3-11(12)9-5-6-9/h1-4,9-10H,5-8H2. The van der Waals surface area contributed by atoms with Crippen LogP contribution in [0.4, 0.5) is 5.69 Å². The zero-order valence-corrected chi connectivity index (χ0v) is 11.8. The number of benzene rings is 1. The van der Waals surface area contributed by atoms with Gasteiger partial charge in [0.2, 0.25) is 15.0 Å². The second kappa shape index (κ2) is 4.49. The van der Waals surface area contributed by atoms with Gasteiger partial charge in [0, 0.05) is 29.3 Å². The number of rotatable bonds is 3. The van der Waals surface area contributed by atoms with Gasteiger partial charge in [-0.05, 0) is 30.4 Å². The molecule has 1 amide bonds. The fourth-order valence-electron chi connectivity index (χ4n) is 2.57. The van der Waals surface area contributed by atoms with E-state index in [0.29, 0.717) is 5.92 Å². The van der Waals surface area contributed by atoms with Gasteiger partial charge in [0.05, 0.1) is 0 Å². The van der Waals surface area contributed by atoms with Crippen LogP contribution in [0.5, 0.6) is 0 Å². The molecular weight excluding hydrogens is 286 g/mol. The summed E-state index contributed by atoms with van der Waals surface area (Å²) in [6.45, 7) is 0.161. The maximum Gasteiger partial charge on any atom is 0.237 e. The molecular formula is C13H14ClNO3S. The molecule has 1 atom stereocenters. The van der Waals surface area contributed by atoms with Gasteiger partial charge in [0.15, 0.2) is 0 Å². The molecule has 1 heterocycles. The summed E-state index contributed by atoms with van der Waals surface area (Å²) in [5.41, 5.74) is 1.99. The Kier molecular flexibility index (Phi) is 3.06. The summed E-state index contributed by atoms with van der Waals surface area (Å²) < 4.78 is 22.7. The summed E-state index contributed by atoms with van der Waals surface area (Å²) in [5.74, 6) is 0.345. The molecule has 1 aliphatic carbocycles. The van der Waals surface area contributed by atoms with E-state index in [9.17, 15) is 13.2 Å². The third-order valence-electron chi connectivity index (χ3n) is 3.73. The van der Waals surface area contributed by atoms with Crippen molar-refractivity contribution in [3.63, 3.8) is 0 Å². The molecule has 1 saturated heterocycles. The van der Waals surface area contributed by atoms with Crippen LogP contribution in [0.2, 0.25) is 0 Å². The van der Waals surface area contributed by atoms with E-state index in [1.807, 2.05) is 24.3 Å². The van der Waals surface area contributed by atoms with Crippen LogP contribution < -0.4 is 4.90 Å². The maximum absolute atomic E-state index is 12.0. The van der Waals surface area contributed by atoms with E-state index < -0.39 is 14.3 Å². The highest BCUT2D eigenvalue weighted by Crippen LogP contribution is 2.45. The lowest BCUT2D eigenvalue weighted by molar-refractivity contribution is -0.117. The number of amides is 1. The highest BCUT2D eigenvalue weighted by atomic mass is 35.7.